The Morgan fingerprint density at radius 1 is 1.25 bits per heavy atom. The van der Waals surface area contributed by atoms with Gasteiger partial charge in [0.15, 0.2) is 0 Å². The maximum atomic E-state index is 3.51. The van der Waals surface area contributed by atoms with E-state index >= 15 is 0 Å². The average Bonchev–Trinajstić information content (AvgIpc) is 2.17. The third-order valence-electron chi connectivity index (χ3n) is 1.73. The van der Waals surface area contributed by atoms with Crippen molar-refractivity contribution in [3.05, 3.63) is 40.4 Å². The molecule has 1 rings (SSSR count). The van der Waals surface area contributed by atoms with Crippen molar-refractivity contribution in [2.24, 2.45) is 0 Å². The van der Waals surface area contributed by atoms with Gasteiger partial charge in [-0.25, -0.2) is 0 Å². The lowest BCUT2D eigenvalue weighted by molar-refractivity contribution is 1.54. The summed E-state index contributed by atoms with van der Waals surface area (Å²) in [5.41, 5.74) is 2.55. The Bertz CT molecular complexity index is 275. The SMILES string of the molecule is C/C(=C(/Br)CBr)c1ccccc1. The van der Waals surface area contributed by atoms with Crippen LogP contribution in [0.5, 0.6) is 0 Å². The van der Waals surface area contributed by atoms with Crippen LogP contribution in [-0.2, 0) is 0 Å². The van der Waals surface area contributed by atoms with Gasteiger partial charge in [-0.3, -0.25) is 0 Å². The van der Waals surface area contributed by atoms with Gasteiger partial charge >= 0.3 is 0 Å². The topological polar surface area (TPSA) is 0 Å². The Morgan fingerprint density at radius 3 is 2.33 bits per heavy atom. The fourth-order valence-electron chi connectivity index (χ4n) is 0.945. The van der Waals surface area contributed by atoms with Crippen LogP contribution in [0, 0.1) is 0 Å². The highest BCUT2D eigenvalue weighted by Gasteiger charge is 1.98. The minimum atomic E-state index is 0.869. The van der Waals surface area contributed by atoms with Gasteiger partial charge in [0.1, 0.15) is 0 Å². The summed E-state index contributed by atoms with van der Waals surface area (Å²) < 4.78 is 1.20. The van der Waals surface area contributed by atoms with Crippen LogP contribution in [0.25, 0.3) is 5.57 Å². The highest BCUT2D eigenvalue weighted by Crippen LogP contribution is 2.23. The smallest absolute Gasteiger partial charge is 0.0352 e. The van der Waals surface area contributed by atoms with Gasteiger partial charge in [0, 0.05) is 9.81 Å². The molecular formula is C10H10Br2. The van der Waals surface area contributed by atoms with Crippen molar-refractivity contribution in [2.75, 3.05) is 5.33 Å². The zero-order chi connectivity index (χ0) is 8.97. The Kier molecular flexibility index (Phi) is 4.02. The second-order valence-corrected chi connectivity index (χ2v) is 4.05. The molecule has 0 aliphatic heterocycles. The second kappa shape index (κ2) is 4.83. The Labute approximate surface area is 89.9 Å². The molecule has 0 aromatic heterocycles. The van der Waals surface area contributed by atoms with E-state index in [4.69, 9.17) is 0 Å². The standard InChI is InChI=1S/C10H10Br2/c1-8(10(12)7-11)9-5-3-2-4-6-9/h2-6H,7H2,1H3/b10-8-. The highest BCUT2D eigenvalue weighted by atomic mass is 79.9. The number of hydrogen-bond donors (Lipinski definition) is 0. The molecule has 1 aromatic rings. The monoisotopic (exact) mass is 288 g/mol. The second-order valence-electron chi connectivity index (χ2n) is 2.53. The van der Waals surface area contributed by atoms with Gasteiger partial charge in [0.05, 0.1) is 0 Å². The molecule has 0 unspecified atom stereocenters. The summed E-state index contributed by atoms with van der Waals surface area (Å²) >= 11 is 6.92. The van der Waals surface area contributed by atoms with Gasteiger partial charge in [-0.1, -0.05) is 62.2 Å². The van der Waals surface area contributed by atoms with Gasteiger partial charge in [-0.15, -0.1) is 0 Å². The van der Waals surface area contributed by atoms with E-state index in [2.05, 4.69) is 50.9 Å². The first-order chi connectivity index (χ1) is 5.75. The number of allylic oxidation sites excluding steroid dienone is 2. The third-order valence-corrected chi connectivity index (χ3v) is 3.92. The quantitative estimate of drug-likeness (QED) is 0.716. The summed E-state index contributed by atoms with van der Waals surface area (Å²) in [5.74, 6) is 0. The molecule has 0 saturated carbocycles. The number of benzene rings is 1. The predicted molar refractivity (Wildman–Crippen MR) is 61.8 cm³/mol. The first kappa shape index (κ1) is 10.0. The number of alkyl halides is 1. The number of rotatable bonds is 2. The van der Waals surface area contributed by atoms with Crippen molar-refractivity contribution in [3.8, 4) is 0 Å². The van der Waals surface area contributed by atoms with Gasteiger partial charge in [-0.05, 0) is 18.1 Å². The Balaban J connectivity index is 3.00. The molecule has 0 saturated heterocycles. The van der Waals surface area contributed by atoms with Crippen LogP contribution in [0.1, 0.15) is 12.5 Å². The van der Waals surface area contributed by atoms with Crippen molar-refractivity contribution >= 4 is 37.4 Å². The molecule has 0 amide bonds. The molecule has 12 heavy (non-hydrogen) atoms. The summed E-state index contributed by atoms with van der Waals surface area (Å²) in [6.45, 7) is 2.11. The van der Waals surface area contributed by atoms with E-state index in [1.807, 2.05) is 18.2 Å². The van der Waals surface area contributed by atoms with Gasteiger partial charge in [0.25, 0.3) is 0 Å². The molecule has 0 radical (unpaired) electrons. The Morgan fingerprint density at radius 2 is 1.83 bits per heavy atom. The summed E-state index contributed by atoms with van der Waals surface area (Å²) in [5, 5.41) is 0.869. The van der Waals surface area contributed by atoms with E-state index in [0.717, 1.165) is 5.33 Å². The fourth-order valence-corrected chi connectivity index (χ4v) is 1.59. The molecule has 0 nitrogen and oxygen atoms in total. The van der Waals surface area contributed by atoms with Crippen molar-refractivity contribution in [1.82, 2.24) is 0 Å². The fraction of sp³-hybridized carbons (Fsp3) is 0.200. The van der Waals surface area contributed by atoms with Crippen molar-refractivity contribution < 1.29 is 0 Å². The lowest BCUT2D eigenvalue weighted by Crippen LogP contribution is -1.82. The van der Waals surface area contributed by atoms with Crippen LogP contribution < -0.4 is 0 Å². The van der Waals surface area contributed by atoms with Gasteiger partial charge < -0.3 is 0 Å². The van der Waals surface area contributed by atoms with Gasteiger partial charge in [0.2, 0.25) is 0 Å². The van der Waals surface area contributed by atoms with E-state index in [-0.39, 0.29) is 0 Å². The molecule has 0 fully saturated rings. The van der Waals surface area contributed by atoms with E-state index in [1.165, 1.54) is 15.6 Å². The molecule has 0 N–H and O–H groups in total. The van der Waals surface area contributed by atoms with Crippen LogP contribution >= 0.6 is 31.9 Å². The van der Waals surface area contributed by atoms with E-state index in [1.54, 1.807) is 0 Å². The van der Waals surface area contributed by atoms with Crippen LogP contribution in [0.15, 0.2) is 34.8 Å². The molecule has 0 heterocycles. The van der Waals surface area contributed by atoms with Crippen molar-refractivity contribution in [3.63, 3.8) is 0 Å². The third kappa shape index (κ3) is 2.46. The molecular weight excluding hydrogens is 280 g/mol. The van der Waals surface area contributed by atoms with E-state index in [0.29, 0.717) is 0 Å². The first-order valence-corrected chi connectivity index (χ1v) is 5.63. The lowest BCUT2D eigenvalue weighted by Gasteiger charge is -2.02. The predicted octanol–water partition coefficient (Wildman–Crippen LogP) is 4.21. The highest BCUT2D eigenvalue weighted by molar-refractivity contribution is 9.13. The first-order valence-electron chi connectivity index (χ1n) is 3.72. The number of hydrogen-bond acceptors (Lipinski definition) is 0. The molecule has 0 atom stereocenters. The Hall–Kier alpha value is -0.0800. The minimum absolute atomic E-state index is 0.869. The van der Waals surface area contributed by atoms with Crippen LogP contribution in [-0.4, -0.2) is 5.33 Å². The largest absolute Gasteiger partial charge is 0.0870 e. The molecule has 0 aliphatic rings. The summed E-state index contributed by atoms with van der Waals surface area (Å²) in [6.07, 6.45) is 0. The lowest BCUT2D eigenvalue weighted by atomic mass is 10.1. The minimum Gasteiger partial charge on any atom is -0.0870 e. The summed E-state index contributed by atoms with van der Waals surface area (Å²) in [7, 11) is 0. The van der Waals surface area contributed by atoms with Gasteiger partial charge in [-0.2, -0.15) is 0 Å². The zero-order valence-corrected chi connectivity index (χ0v) is 10.0. The summed E-state index contributed by atoms with van der Waals surface area (Å²) in [4.78, 5) is 0. The molecule has 2 heteroatoms. The average molecular weight is 290 g/mol. The van der Waals surface area contributed by atoms with Crippen LogP contribution in [0.4, 0.5) is 0 Å². The molecule has 1 aromatic carbocycles. The van der Waals surface area contributed by atoms with Crippen molar-refractivity contribution in [2.45, 2.75) is 6.92 Å². The van der Waals surface area contributed by atoms with E-state index in [9.17, 15) is 0 Å². The molecule has 64 valence electrons. The number of halogens is 2. The molecule has 0 aliphatic carbocycles. The maximum absolute atomic E-state index is 3.51. The van der Waals surface area contributed by atoms with E-state index < -0.39 is 0 Å². The van der Waals surface area contributed by atoms with Crippen LogP contribution in [0.2, 0.25) is 0 Å². The molecule has 0 spiro atoms. The maximum Gasteiger partial charge on any atom is 0.0352 e. The van der Waals surface area contributed by atoms with Crippen LogP contribution in [0.3, 0.4) is 0 Å². The summed E-state index contributed by atoms with van der Waals surface area (Å²) in [6, 6.07) is 10.3. The van der Waals surface area contributed by atoms with Crippen molar-refractivity contribution in [1.29, 1.82) is 0 Å². The zero-order valence-electron chi connectivity index (χ0n) is 6.85. The molecule has 0 bridgehead atoms. The normalized spacial score (nSPS) is 12.6.